The zero-order chi connectivity index (χ0) is 22.8. The first kappa shape index (κ1) is 44.1. The van der Waals surface area contributed by atoms with Crippen molar-refractivity contribution in [1.29, 1.82) is 0 Å². The average molecular weight is 544 g/mol. The van der Waals surface area contributed by atoms with Crippen LogP contribution in [0, 0.1) is 20.2 Å². The summed E-state index contributed by atoms with van der Waals surface area (Å²) < 4.78 is 22.8. The molecule has 33 heavy (non-hydrogen) atoms. The van der Waals surface area contributed by atoms with Crippen molar-refractivity contribution < 1.29 is 171 Å². The number of hydrogen-bond acceptors (Lipinski definition) is 12. The largest absolute Gasteiger partial charge is 1.00 e. The third kappa shape index (κ3) is 27.5. The van der Waals surface area contributed by atoms with Crippen molar-refractivity contribution in [3.8, 4) is 11.5 Å². The van der Waals surface area contributed by atoms with Gasteiger partial charge in [0.25, 0.3) is 11.4 Å². The van der Waals surface area contributed by atoms with Crippen LogP contribution in [0.5, 0.6) is 11.5 Å². The van der Waals surface area contributed by atoms with Gasteiger partial charge < -0.3 is 43.2 Å². The number of phenolic OH excluding ortho intramolecular Hbond substituents is 1. The fraction of sp³-hybridized carbons (Fsp3) is 0. The van der Waals surface area contributed by atoms with E-state index in [1.165, 1.54) is 24.3 Å². The normalized spacial score (nSPS) is 9.24. The Morgan fingerprint density at radius 3 is 1.21 bits per heavy atom. The zero-order valence-electron chi connectivity index (χ0n) is 17.8. The summed E-state index contributed by atoms with van der Waals surface area (Å²) in [5, 5.41) is 28.9. The summed E-state index contributed by atoms with van der Waals surface area (Å²) in [6, 6.07) is 9.16. The molecule has 2 aromatic rings. The Labute approximate surface area is 274 Å². The third-order valence-electron chi connectivity index (χ3n) is 2.33. The van der Waals surface area contributed by atoms with Crippen LogP contribution in [0.1, 0.15) is 0 Å². The monoisotopic (exact) mass is 544 g/mol. The van der Waals surface area contributed by atoms with E-state index in [9.17, 15) is 34.6 Å². The molecule has 0 unspecified atom stereocenters. The molecular formula is C12H10N2Na4O13P2. The molecule has 2 N–H and O–H groups in total. The molecule has 0 atom stereocenters. The summed E-state index contributed by atoms with van der Waals surface area (Å²) >= 11 is 0. The molecule has 0 aromatic heterocycles. The summed E-state index contributed by atoms with van der Waals surface area (Å²) in [6.45, 7) is 0. The van der Waals surface area contributed by atoms with Crippen molar-refractivity contribution in [2.45, 2.75) is 0 Å². The Morgan fingerprint density at radius 2 is 0.970 bits per heavy atom. The minimum Gasteiger partial charge on any atom is -0.790 e. The Balaban J connectivity index is -0.000000123. The van der Waals surface area contributed by atoms with Crippen molar-refractivity contribution in [2.75, 3.05) is 0 Å². The SMILES string of the molecule is O=P([O-])([O-])O.O=[N+]([O-])c1ccc(O)cc1.O=[N+]([O-])c1ccc(OP(=O)([O-])[O-])cc1.[Na+].[Na+].[Na+].[Na+]. The second-order valence-corrected chi connectivity index (χ2v) is 6.55. The van der Waals surface area contributed by atoms with E-state index in [0.29, 0.717) is 0 Å². The predicted octanol–water partition coefficient (Wildman–Crippen LogP) is -13.1. The minimum atomic E-state index is -5.14. The minimum absolute atomic E-state index is 0. The van der Waals surface area contributed by atoms with Gasteiger partial charge in [-0.15, -0.1) is 0 Å². The molecule has 0 saturated heterocycles. The number of phenols is 1. The molecule has 0 saturated carbocycles. The van der Waals surface area contributed by atoms with Crippen LogP contribution in [0.25, 0.3) is 0 Å². The summed E-state index contributed by atoms with van der Waals surface area (Å²) in [4.78, 5) is 63.6. The van der Waals surface area contributed by atoms with Crippen LogP contribution in [0.15, 0.2) is 48.5 Å². The number of aromatic hydroxyl groups is 1. The van der Waals surface area contributed by atoms with E-state index in [1.807, 2.05) is 0 Å². The van der Waals surface area contributed by atoms with Gasteiger partial charge in [-0.2, -0.15) is 0 Å². The number of non-ortho nitro benzene ring substituents is 2. The number of hydrogen-bond donors (Lipinski definition) is 2. The summed E-state index contributed by atoms with van der Waals surface area (Å²) in [5.41, 5.74) is -0.234. The maximum atomic E-state index is 10.2. The van der Waals surface area contributed by atoms with E-state index in [1.54, 1.807) is 0 Å². The van der Waals surface area contributed by atoms with Crippen molar-refractivity contribution in [3.05, 3.63) is 68.8 Å². The molecule has 0 bridgehead atoms. The molecule has 15 nitrogen and oxygen atoms in total. The second-order valence-electron chi connectivity index (χ2n) is 4.53. The van der Waals surface area contributed by atoms with Crippen molar-refractivity contribution in [3.63, 3.8) is 0 Å². The summed E-state index contributed by atoms with van der Waals surface area (Å²) in [5.74, 6) is -0.213. The fourth-order valence-corrected chi connectivity index (χ4v) is 1.71. The zero-order valence-corrected chi connectivity index (χ0v) is 27.6. The molecule has 0 amide bonds. The Morgan fingerprint density at radius 1 is 0.697 bits per heavy atom. The first-order valence-corrected chi connectivity index (χ1v) is 9.68. The number of nitro groups is 2. The van der Waals surface area contributed by atoms with E-state index in [2.05, 4.69) is 4.52 Å². The molecule has 160 valence electrons. The maximum absolute atomic E-state index is 10.2. The molecule has 0 aliphatic rings. The Kier molecular flexibility index (Phi) is 28.4. The van der Waals surface area contributed by atoms with Gasteiger partial charge in [0.1, 0.15) is 19.3 Å². The van der Waals surface area contributed by atoms with Gasteiger partial charge in [0.2, 0.25) is 0 Å². The number of benzene rings is 2. The predicted molar refractivity (Wildman–Crippen MR) is 85.9 cm³/mol. The molecule has 21 heteroatoms. The maximum Gasteiger partial charge on any atom is 1.00 e. The van der Waals surface area contributed by atoms with Gasteiger partial charge in [0, 0.05) is 24.3 Å². The molecule has 2 aromatic carbocycles. The number of rotatable bonds is 4. The van der Waals surface area contributed by atoms with Crippen LogP contribution in [0.2, 0.25) is 0 Å². The van der Waals surface area contributed by atoms with Crippen LogP contribution in [0.3, 0.4) is 0 Å². The van der Waals surface area contributed by atoms with Crippen molar-refractivity contribution in [2.24, 2.45) is 0 Å². The second kappa shape index (κ2) is 21.2. The molecule has 0 fully saturated rings. The smallest absolute Gasteiger partial charge is 0.790 e. The van der Waals surface area contributed by atoms with Crippen LogP contribution >= 0.6 is 15.6 Å². The van der Waals surface area contributed by atoms with Gasteiger partial charge in [0.05, 0.1) is 17.7 Å². The average Bonchev–Trinajstić information content (AvgIpc) is 2.53. The van der Waals surface area contributed by atoms with E-state index < -0.39 is 25.5 Å². The quantitative estimate of drug-likeness (QED) is 0.157. The summed E-state index contributed by atoms with van der Waals surface area (Å²) in [6.07, 6.45) is 0. The van der Waals surface area contributed by atoms with Gasteiger partial charge in [-0.05, 0) is 24.3 Å². The molecule has 0 aliphatic heterocycles. The first-order chi connectivity index (χ1) is 13.1. The van der Waals surface area contributed by atoms with Crippen LogP contribution in [-0.2, 0) is 9.13 Å². The van der Waals surface area contributed by atoms with Crippen LogP contribution < -0.4 is 142 Å². The van der Waals surface area contributed by atoms with E-state index >= 15 is 0 Å². The number of nitrogens with zero attached hydrogens (tertiary/aromatic N) is 2. The summed E-state index contributed by atoms with van der Waals surface area (Å²) in [7, 11) is -10.2. The van der Waals surface area contributed by atoms with Crippen molar-refractivity contribution in [1.82, 2.24) is 0 Å². The van der Waals surface area contributed by atoms with Gasteiger partial charge >= 0.3 is 118 Å². The Bertz CT molecular complexity index is 914. The fourth-order valence-electron chi connectivity index (χ4n) is 1.33. The van der Waals surface area contributed by atoms with Crippen LogP contribution in [0.4, 0.5) is 11.4 Å². The number of phosphoric ester groups is 1. The molecule has 0 radical (unpaired) electrons. The Hall–Kier alpha value is 1.10. The van der Waals surface area contributed by atoms with E-state index in [0.717, 1.165) is 24.3 Å². The third-order valence-corrected chi connectivity index (χ3v) is 2.76. The first-order valence-electron chi connectivity index (χ1n) is 6.73. The molecule has 2 rings (SSSR count). The number of nitro benzene ring substituents is 2. The molecule has 0 aliphatic carbocycles. The van der Waals surface area contributed by atoms with Gasteiger partial charge in [-0.25, -0.2) is 0 Å². The van der Waals surface area contributed by atoms with E-state index in [4.69, 9.17) is 24.4 Å². The van der Waals surface area contributed by atoms with Gasteiger partial charge in [0.15, 0.2) is 0 Å². The molecule has 0 heterocycles. The van der Waals surface area contributed by atoms with E-state index in [-0.39, 0.29) is 141 Å². The van der Waals surface area contributed by atoms with Gasteiger partial charge in [-0.1, -0.05) is 0 Å². The standard InChI is InChI=1S/C6H6NO6P.C6H5NO3.4Na.H3O4P/c8-7(9)5-1-3-6(4-2-5)13-14(10,11)12;8-6-3-1-5(2-4-6)7(9)10;;;;;1-5(2,3)4/h1-4H,(H2,10,11,12);1-4,8H;;;;;(H3,1,2,3,4)/q;;4*+1;/p-4. The molecular weight excluding hydrogens is 534 g/mol. The number of phosphoric acid groups is 2. The topological polar surface area (TPSA) is 262 Å². The van der Waals surface area contributed by atoms with Crippen LogP contribution in [-0.4, -0.2) is 19.8 Å². The molecule has 0 spiro atoms. The van der Waals surface area contributed by atoms with Gasteiger partial charge in [-0.3, -0.25) is 20.2 Å². The van der Waals surface area contributed by atoms with Crippen molar-refractivity contribution >= 4 is 27.0 Å².